The number of alkyl halides is 3. The molecule has 0 bridgehead atoms. The summed E-state index contributed by atoms with van der Waals surface area (Å²) in [7, 11) is 2.26. The Morgan fingerprint density at radius 2 is 1.76 bits per heavy atom. The third-order valence-corrected chi connectivity index (χ3v) is 2.12. The molecule has 1 unspecified atom stereocenters. The molecule has 0 aromatic carbocycles. The molecule has 0 spiro atoms. The molecule has 0 rings (SSSR count). The van der Waals surface area contributed by atoms with Gasteiger partial charge in [0.15, 0.2) is 0 Å². The highest BCUT2D eigenvalue weighted by atomic mass is 19.4. The Morgan fingerprint density at radius 3 is 2.14 bits per heavy atom. The van der Waals surface area contributed by atoms with E-state index >= 15 is 0 Å². The molecule has 124 valence electrons. The molecule has 1 N–H and O–H groups in total. The molecule has 0 aliphatic carbocycles. The Kier molecular flexibility index (Phi) is 6.95. The largest absolute Gasteiger partial charge is 0.467 e. The van der Waals surface area contributed by atoms with Crippen LogP contribution in [0.25, 0.3) is 0 Å². The van der Waals surface area contributed by atoms with Gasteiger partial charge in [-0.3, -0.25) is 4.90 Å². The highest BCUT2D eigenvalue weighted by Gasteiger charge is 2.32. The summed E-state index contributed by atoms with van der Waals surface area (Å²) >= 11 is 0. The zero-order valence-electron chi connectivity index (χ0n) is 12.7. The number of nitrogens with one attached hydrogen (secondary N) is 1. The van der Waals surface area contributed by atoms with Crippen LogP contribution in [-0.2, 0) is 14.3 Å². The minimum atomic E-state index is -4.40. The average molecular weight is 314 g/mol. The van der Waals surface area contributed by atoms with Gasteiger partial charge in [0.25, 0.3) is 0 Å². The van der Waals surface area contributed by atoms with Crippen LogP contribution in [0.4, 0.5) is 18.0 Å². The van der Waals surface area contributed by atoms with Crippen LogP contribution < -0.4 is 5.32 Å². The van der Waals surface area contributed by atoms with Crippen molar-refractivity contribution in [3.63, 3.8) is 0 Å². The Balaban J connectivity index is 4.67. The second-order valence-corrected chi connectivity index (χ2v) is 5.53. The normalized spacial score (nSPS) is 13.8. The molecule has 0 aromatic rings. The lowest BCUT2D eigenvalue weighted by Crippen LogP contribution is -2.50. The average Bonchev–Trinajstić information content (AvgIpc) is 2.21. The molecule has 1 atom stereocenters. The first-order valence-corrected chi connectivity index (χ1v) is 6.16. The van der Waals surface area contributed by atoms with Crippen LogP contribution in [0.1, 0.15) is 20.8 Å². The van der Waals surface area contributed by atoms with Gasteiger partial charge in [-0.1, -0.05) is 0 Å². The number of carbonyl (C=O) groups excluding carboxylic acids is 2. The summed E-state index contributed by atoms with van der Waals surface area (Å²) in [5.74, 6) is -0.852. The minimum Gasteiger partial charge on any atom is -0.467 e. The van der Waals surface area contributed by atoms with E-state index in [1.54, 1.807) is 20.8 Å². The van der Waals surface area contributed by atoms with Crippen molar-refractivity contribution in [1.29, 1.82) is 0 Å². The molecular weight excluding hydrogens is 293 g/mol. The molecule has 21 heavy (non-hydrogen) atoms. The Labute approximate surface area is 121 Å². The van der Waals surface area contributed by atoms with Gasteiger partial charge in [0.1, 0.15) is 11.6 Å². The molecule has 6 nitrogen and oxygen atoms in total. The van der Waals surface area contributed by atoms with Crippen LogP contribution in [-0.4, -0.2) is 62.0 Å². The second kappa shape index (κ2) is 7.48. The number of likely N-dealkylation sites (N-methyl/N-ethyl adjacent to an activating group) is 1. The van der Waals surface area contributed by atoms with Crippen LogP contribution in [0.5, 0.6) is 0 Å². The zero-order chi connectivity index (χ0) is 16.8. The summed E-state index contributed by atoms with van der Waals surface area (Å²) < 4.78 is 46.2. The van der Waals surface area contributed by atoms with Crippen molar-refractivity contribution in [3.05, 3.63) is 0 Å². The number of esters is 1. The maximum atomic E-state index is 12.3. The van der Waals surface area contributed by atoms with Gasteiger partial charge in [-0.25, -0.2) is 9.59 Å². The van der Waals surface area contributed by atoms with Gasteiger partial charge in [-0.2, -0.15) is 13.2 Å². The third kappa shape index (κ3) is 9.94. The van der Waals surface area contributed by atoms with Crippen LogP contribution >= 0.6 is 0 Å². The van der Waals surface area contributed by atoms with Crippen LogP contribution in [0, 0.1) is 0 Å². The molecule has 0 saturated carbocycles. The van der Waals surface area contributed by atoms with Gasteiger partial charge in [-0.05, 0) is 27.8 Å². The predicted molar refractivity (Wildman–Crippen MR) is 68.7 cm³/mol. The lowest BCUT2D eigenvalue weighted by atomic mass is 10.2. The molecule has 0 fully saturated rings. The van der Waals surface area contributed by atoms with E-state index in [2.05, 4.69) is 10.1 Å². The quantitative estimate of drug-likeness (QED) is 0.780. The molecule has 9 heteroatoms. The lowest BCUT2D eigenvalue weighted by Gasteiger charge is -2.25. The van der Waals surface area contributed by atoms with E-state index in [0.717, 1.165) is 12.0 Å². The van der Waals surface area contributed by atoms with Crippen LogP contribution in [0.2, 0.25) is 0 Å². The standard InChI is InChI=1S/C12H21F3N2O4/c1-11(2,3)21-10(19)16-8(9(18)20-5)6-17(4)7-12(13,14)15/h8H,6-7H2,1-5H3,(H,16,19). The van der Waals surface area contributed by atoms with Crippen molar-refractivity contribution in [2.45, 2.75) is 38.6 Å². The van der Waals surface area contributed by atoms with E-state index in [4.69, 9.17) is 4.74 Å². The molecule has 1 amide bonds. The molecule has 0 radical (unpaired) electrons. The Morgan fingerprint density at radius 1 is 1.24 bits per heavy atom. The number of carbonyl (C=O) groups is 2. The number of alkyl carbamates (subject to hydrolysis) is 1. The first-order chi connectivity index (χ1) is 9.34. The van der Waals surface area contributed by atoms with E-state index in [1.807, 2.05) is 0 Å². The Hall–Kier alpha value is -1.51. The van der Waals surface area contributed by atoms with E-state index in [0.29, 0.717) is 0 Å². The fourth-order valence-corrected chi connectivity index (χ4v) is 1.45. The summed E-state index contributed by atoms with van der Waals surface area (Å²) in [5, 5.41) is 2.20. The van der Waals surface area contributed by atoms with Gasteiger partial charge in [-0.15, -0.1) is 0 Å². The van der Waals surface area contributed by atoms with E-state index in [-0.39, 0.29) is 6.54 Å². The summed E-state index contributed by atoms with van der Waals surface area (Å²) in [6.45, 7) is 3.29. The molecule has 0 aliphatic rings. The van der Waals surface area contributed by atoms with Gasteiger partial charge in [0, 0.05) is 6.54 Å². The molecule has 0 heterocycles. The number of halogens is 3. The van der Waals surface area contributed by atoms with Crippen molar-refractivity contribution in [2.24, 2.45) is 0 Å². The Bertz CT molecular complexity index is 366. The van der Waals surface area contributed by atoms with Crippen molar-refractivity contribution in [2.75, 3.05) is 27.2 Å². The number of methoxy groups -OCH3 is 1. The molecular formula is C12H21F3N2O4. The van der Waals surface area contributed by atoms with Gasteiger partial charge in [0.05, 0.1) is 13.7 Å². The summed E-state index contributed by atoms with van der Waals surface area (Å²) in [4.78, 5) is 23.9. The lowest BCUT2D eigenvalue weighted by molar-refractivity contribution is -0.150. The second-order valence-electron chi connectivity index (χ2n) is 5.53. The number of hydrogen-bond donors (Lipinski definition) is 1. The van der Waals surface area contributed by atoms with E-state index in [1.165, 1.54) is 7.05 Å². The van der Waals surface area contributed by atoms with Crippen molar-refractivity contribution in [3.8, 4) is 0 Å². The highest BCUT2D eigenvalue weighted by Crippen LogP contribution is 2.15. The number of ether oxygens (including phenoxy) is 2. The number of rotatable bonds is 5. The SMILES string of the molecule is COC(=O)C(CN(C)CC(F)(F)F)NC(=O)OC(C)(C)C. The molecule has 0 aliphatic heterocycles. The van der Waals surface area contributed by atoms with Crippen molar-refractivity contribution >= 4 is 12.1 Å². The topological polar surface area (TPSA) is 67.9 Å². The number of amides is 1. The fraction of sp³-hybridized carbons (Fsp3) is 0.833. The van der Waals surface area contributed by atoms with E-state index < -0.39 is 36.4 Å². The maximum absolute atomic E-state index is 12.3. The first kappa shape index (κ1) is 19.5. The van der Waals surface area contributed by atoms with Crippen LogP contribution in [0.3, 0.4) is 0 Å². The van der Waals surface area contributed by atoms with Crippen LogP contribution in [0.15, 0.2) is 0 Å². The van der Waals surface area contributed by atoms with Gasteiger partial charge >= 0.3 is 18.2 Å². The zero-order valence-corrected chi connectivity index (χ0v) is 12.7. The maximum Gasteiger partial charge on any atom is 0.408 e. The third-order valence-electron chi connectivity index (χ3n) is 2.12. The summed E-state index contributed by atoms with van der Waals surface area (Å²) in [5.41, 5.74) is -0.789. The smallest absolute Gasteiger partial charge is 0.408 e. The fourth-order valence-electron chi connectivity index (χ4n) is 1.45. The first-order valence-electron chi connectivity index (χ1n) is 6.16. The predicted octanol–water partition coefficient (Wildman–Crippen LogP) is 1.55. The number of hydrogen-bond acceptors (Lipinski definition) is 5. The minimum absolute atomic E-state index is 0.356. The van der Waals surface area contributed by atoms with Crippen molar-refractivity contribution in [1.82, 2.24) is 10.2 Å². The van der Waals surface area contributed by atoms with E-state index in [9.17, 15) is 22.8 Å². The monoisotopic (exact) mass is 314 g/mol. The van der Waals surface area contributed by atoms with Gasteiger partial charge in [0.2, 0.25) is 0 Å². The number of nitrogens with zero attached hydrogens (tertiary/aromatic N) is 1. The summed E-state index contributed by atoms with van der Waals surface area (Å²) in [6, 6.07) is -1.25. The van der Waals surface area contributed by atoms with Gasteiger partial charge < -0.3 is 14.8 Å². The highest BCUT2D eigenvalue weighted by molar-refractivity contribution is 5.81. The summed E-state index contributed by atoms with van der Waals surface area (Å²) in [6.07, 6.45) is -5.31. The molecule has 0 aromatic heterocycles. The molecule has 0 saturated heterocycles. The van der Waals surface area contributed by atoms with Crippen molar-refractivity contribution < 1.29 is 32.2 Å².